The Kier molecular flexibility index (Phi) is 4.37. The van der Waals surface area contributed by atoms with Crippen LogP contribution < -0.4 is 5.63 Å². The number of aromatic hydroxyl groups is 1. The summed E-state index contributed by atoms with van der Waals surface area (Å²) in [4.78, 5) is 15.8. The van der Waals surface area contributed by atoms with E-state index < -0.39 is 0 Å². The molecular formula is C17H11Br2NO3. The normalized spacial score (nSPS) is 11.4. The zero-order valence-corrected chi connectivity index (χ0v) is 15.2. The molecule has 1 heterocycles. The first-order chi connectivity index (χ1) is 10.9. The van der Waals surface area contributed by atoms with Crippen molar-refractivity contribution >= 4 is 54.7 Å². The first-order valence-electron chi connectivity index (χ1n) is 6.70. The standard InChI is InChI=1S/C17H11Br2NO3/c1-9-4-16(21)23-15-7-12(2-3-13(9)15)20-8-10-5-11(18)6-14(19)17(10)22/h2-8,22H,1H3. The van der Waals surface area contributed by atoms with Crippen molar-refractivity contribution in [1.29, 1.82) is 0 Å². The summed E-state index contributed by atoms with van der Waals surface area (Å²) >= 11 is 6.65. The lowest BCUT2D eigenvalue weighted by Gasteiger charge is -2.03. The SMILES string of the molecule is Cc1cc(=O)oc2cc(N=Cc3cc(Br)cc(Br)c3O)ccc12. The van der Waals surface area contributed by atoms with E-state index in [1.165, 1.54) is 6.07 Å². The smallest absolute Gasteiger partial charge is 0.336 e. The Hall–Kier alpha value is -1.92. The number of hydrogen-bond donors (Lipinski definition) is 1. The second-order valence-corrected chi connectivity index (χ2v) is 6.78. The molecule has 0 bridgehead atoms. The van der Waals surface area contributed by atoms with Crippen LogP contribution in [0.1, 0.15) is 11.1 Å². The molecule has 0 unspecified atom stereocenters. The van der Waals surface area contributed by atoms with Gasteiger partial charge >= 0.3 is 5.63 Å². The summed E-state index contributed by atoms with van der Waals surface area (Å²) in [5.74, 6) is 0.111. The van der Waals surface area contributed by atoms with E-state index in [-0.39, 0.29) is 11.4 Å². The molecule has 0 fully saturated rings. The van der Waals surface area contributed by atoms with Gasteiger partial charge in [0.2, 0.25) is 0 Å². The average molecular weight is 437 g/mol. The Balaban J connectivity index is 2.03. The summed E-state index contributed by atoms with van der Waals surface area (Å²) in [7, 11) is 0. The van der Waals surface area contributed by atoms with Gasteiger partial charge in [-0.25, -0.2) is 4.79 Å². The van der Waals surface area contributed by atoms with E-state index in [9.17, 15) is 9.90 Å². The number of hydrogen-bond acceptors (Lipinski definition) is 4. The van der Waals surface area contributed by atoms with Crippen molar-refractivity contribution in [2.45, 2.75) is 6.92 Å². The lowest BCUT2D eigenvalue weighted by Crippen LogP contribution is -1.97. The van der Waals surface area contributed by atoms with Crippen molar-refractivity contribution in [2.75, 3.05) is 0 Å². The molecule has 0 aliphatic rings. The third-order valence-corrected chi connectivity index (χ3v) is 4.41. The van der Waals surface area contributed by atoms with Crippen LogP contribution in [-0.4, -0.2) is 11.3 Å². The minimum absolute atomic E-state index is 0.111. The molecule has 0 amide bonds. The molecule has 3 rings (SSSR count). The molecule has 0 saturated heterocycles. The van der Waals surface area contributed by atoms with Crippen LogP contribution in [0.25, 0.3) is 11.0 Å². The molecule has 1 N–H and O–H groups in total. The lowest BCUT2D eigenvalue weighted by atomic mass is 10.1. The van der Waals surface area contributed by atoms with E-state index in [0.29, 0.717) is 21.3 Å². The molecule has 6 heteroatoms. The highest BCUT2D eigenvalue weighted by atomic mass is 79.9. The Morgan fingerprint density at radius 2 is 1.96 bits per heavy atom. The first kappa shape index (κ1) is 16.0. The third kappa shape index (κ3) is 3.38. The molecule has 1 aromatic heterocycles. The van der Waals surface area contributed by atoms with Crippen LogP contribution in [0.4, 0.5) is 5.69 Å². The first-order valence-corrected chi connectivity index (χ1v) is 8.29. The maximum atomic E-state index is 11.5. The maximum absolute atomic E-state index is 11.5. The van der Waals surface area contributed by atoms with Crippen LogP contribution in [0.2, 0.25) is 0 Å². The van der Waals surface area contributed by atoms with E-state index in [2.05, 4.69) is 36.9 Å². The monoisotopic (exact) mass is 435 g/mol. The Morgan fingerprint density at radius 1 is 1.17 bits per heavy atom. The predicted molar refractivity (Wildman–Crippen MR) is 98.0 cm³/mol. The van der Waals surface area contributed by atoms with Gasteiger partial charge in [0.15, 0.2) is 0 Å². The highest BCUT2D eigenvalue weighted by Gasteiger charge is 2.06. The van der Waals surface area contributed by atoms with Gasteiger partial charge in [-0.3, -0.25) is 4.99 Å². The number of phenols is 1. The molecule has 4 nitrogen and oxygen atoms in total. The number of fused-ring (bicyclic) bond motifs is 1. The molecule has 0 radical (unpaired) electrons. The van der Waals surface area contributed by atoms with Gasteiger partial charge in [0.1, 0.15) is 11.3 Å². The van der Waals surface area contributed by atoms with Crippen LogP contribution in [0.3, 0.4) is 0 Å². The van der Waals surface area contributed by atoms with Gasteiger partial charge < -0.3 is 9.52 Å². The fraction of sp³-hybridized carbons (Fsp3) is 0.0588. The quantitative estimate of drug-likeness (QED) is 0.449. The fourth-order valence-corrected chi connectivity index (χ4v) is 3.48. The lowest BCUT2D eigenvalue weighted by molar-refractivity contribution is 0.471. The Morgan fingerprint density at radius 3 is 2.74 bits per heavy atom. The number of nitrogens with zero attached hydrogens (tertiary/aromatic N) is 1. The molecule has 0 aliphatic heterocycles. The number of phenolic OH excluding ortho intramolecular Hbond substituents is 1. The molecule has 0 spiro atoms. The van der Waals surface area contributed by atoms with E-state index in [1.54, 1.807) is 24.4 Å². The van der Waals surface area contributed by atoms with Crippen LogP contribution in [-0.2, 0) is 0 Å². The molecule has 0 atom stereocenters. The highest BCUT2D eigenvalue weighted by Crippen LogP contribution is 2.31. The molecule has 0 aliphatic carbocycles. The van der Waals surface area contributed by atoms with Gasteiger partial charge in [0.25, 0.3) is 0 Å². The topological polar surface area (TPSA) is 62.8 Å². The average Bonchev–Trinajstić information content (AvgIpc) is 2.48. The van der Waals surface area contributed by atoms with E-state index in [1.807, 2.05) is 19.1 Å². The van der Waals surface area contributed by atoms with Gasteiger partial charge in [-0.05, 0) is 52.7 Å². The fourth-order valence-electron chi connectivity index (χ4n) is 2.22. The summed E-state index contributed by atoms with van der Waals surface area (Å²) < 4.78 is 6.60. The zero-order valence-electron chi connectivity index (χ0n) is 12.0. The van der Waals surface area contributed by atoms with Crippen molar-refractivity contribution in [3.63, 3.8) is 0 Å². The second-order valence-electron chi connectivity index (χ2n) is 5.01. The zero-order chi connectivity index (χ0) is 16.6. The van der Waals surface area contributed by atoms with Crippen LogP contribution in [0, 0.1) is 6.92 Å². The predicted octanol–water partition coefficient (Wildman–Crippen LogP) is 5.08. The molecule has 23 heavy (non-hydrogen) atoms. The summed E-state index contributed by atoms with van der Waals surface area (Å²) in [5.41, 5.74) is 2.16. The van der Waals surface area contributed by atoms with Crippen molar-refractivity contribution in [3.8, 4) is 5.75 Å². The minimum Gasteiger partial charge on any atom is -0.506 e. The highest BCUT2D eigenvalue weighted by molar-refractivity contribution is 9.11. The van der Waals surface area contributed by atoms with Crippen LogP contribution in [0.15, 0.2) is 59.5 Å². The second kappa shape index (κ2) is 6.29. The largest absolute Gasteiger partial charge is 0.506 e. The Labute approximate surface area is 148 Å². The number of benzene rings is 2. The van der Waals surface area contributed by atoms with Gasteiger partial charge in [-0.2, -0.15) is 0 Å². The molecule has 2 aromatic carbocycles. The third-order valence-electron chi connectivity index (χ3n) is 3.35. The van der Waals surface area contributed by atoms with Crippen LogP contribution >= 0.6 is 31.9 Å². The van der Waals surface area contributed by atoms with Crippen molar-refractivity contribution in [2.24, 2.45) is 4.99 Å². The summed E-state index contributed by atoms with van der Waals surface area (Å²) in [6.45, 7) is 1.86. The maximum Gasteiger partial charge on any atom is 0.336 e. The van der Waals surface area contributed by atoms with Crippen molar-refractivity contribution in [1.82, 2.24) is 0 Å². The van der Waals surface area contributed by atoms with Gasteiger partial charge in [-0.15, -0.1) is 0 Å². The Bertz CT molecular complexity index is 993. The van der Waals surface area contributed by atoms with Gasteiger partial charge in [-0.1, -0.05) is 15.9 Å². The van der Waals surface area contributed by atoms with Crippen molar-refractivity contribution in [3.05, 3.63) is 66.9 Å². The number of aliphatic imine (C=N–C) groups is 1. The summed E-state index contributed by atoms with van der Waals surface area (Å²) in [5, 5.41) is 10.9. The molecule has 0 saturated carbocycles. The van der Waals surface area contributed by atoms with E-state index in [0.717, 1.165) is 15.4 Å². The van der Waals surface area contributed by atoms with Gasteiger partial charge in [0.05, 0.1) is 10.2 Å². The number of aryl methyl sites for hydroxylation is 1. The summed E-state index contributed by atoms with van der Waals surface area (Å²) in [6.07, 6.45) is 1.56. The minimum atomic E-state index is -0.385. The van der Waals surface area contributed by atoms with E-state index >= 15 is 0 Å². The molecular weight excluding hydrogens is 426 g/mol. The van der Waals surface area contributed by atoms with Gasteiger partial charge in [0, 0.05) is 33.8 Å². The summed E-state index contributed by atoms with van der Waals surface area (Å²) in [6, 6.07) is 10.4. The molecule has 116 valence electrons. The number of rotatable bonds is 2. The van der Waals surface area contributed by atoms with Crippen molar-refractivity contribution < 1.29 is 9.52 Å². The van der Waals surface area contributed by atoms with E-state index in [4.69, 9.17) is 4.42 Å². The number of halogens is 2. The molecule has 3 aromatic rings. The van der Waals surface area contributed by atoms with Crippen LogP contribution in [0.5, 0.6) is 5.75 Å².